The maximum absolute atomic E-state index is 10.2. The fraction of sp³-hybridized carbons (Fsp3) is 0.360. The summed E-state index contributed by atoms with van der Waals surface area (Å²) in [6.07, 6.45) is 10.4. The van der Waals surface area contributed by atoms with Gasteiger partial charge in [-0.3, -0.25) is 4.99 Å². The van der Waals surface area contributed by atoms with E-state index in [4.69, 9.17) is 5.11 Å². The molecule has 0 amide bonds. The summed E-state index contributed by atoms with van der Waals surface area (Å²) >= 11 is 1.44. The van der Waals surface area contributed by atoms with Crippen molar-refractivity contribution in [1.29, 1.82) is 0 Å². The number of aliphatic carboxylic acids is 1. The molecule has 2 aromatic carbocycles. The van der Waals surface area contributed by atoms with Crippen LogP contribution in [0, 0.1) is 11.3 Å². The number of carboxylic acids is 1. The maximum Gasteiger partial charge on any atom is 0.351 e. The number of carbonyl (C=O) groups is 1. The third-order valence-corrected chi connectivity index (χ3v) is 6.96. The van der Waals surface area contributed by atoms with Crippen molar-refractivity contribution in [3.63, 3.8) is 0 Å². The van der Waals surface area contributed by atoms with Gasteiger partial charge in [0.1, 0.15) is 5.71 Å². The molecule has 0 aromatic heterocycles. The average molecular weight is 406 g/mol. The molecule has 150 valence electrons. The number of benzene rings is 2. The second-order valence-electron chi connectivity index (χ2n) is 8.80. The molecule has 1 fully saturated rings. The SMILES string of the molecule is CC1(C)CC[C@@H]2c3ccc4ccccc4c3C=CC2C1.O=C(O)C1=NC=CSC1. The van der Waals surface area contributed by atoms with E-state index in [0.717, 1.165) is 11.8 Å². The minimum Gasteiger partial charge on any atom is -0.477 e. The third kappa shape index (κ3) is 4.32. The van der Waals surface area contributed by atoms with Crippen molar-refractivity contribution in [1.82, 2.24) is 0 Å². The summed E-state index contributed by atoms with van der Waals surface area (Å²) in [5.41, 5.74) is 3.80. The highest BCUT2D eigenvalue weighted by atomic mass is 32.2. The number of fused-ring (bicyclic) bond motifs is 5. The number of carboxylic acid groups (broad SMARTS) is 1. The summed E-state index contributed by atoms with van der Waals surface area (Å²) in [6, 6.07) is 13.5. The van der Waals surface area contributed by atoms with Crippen molar-refractivity contribution in [2.45, 2.75) is 39.0 Å². The lowest BCUT2D eigenvalue weighted by Gasteiger charge is -2.42. The molecule has 0 spiro atoms. The number of allylic oxidation sites excluding steroid dienone is 1. The number of thioether (sulfide) groups is 1. The summed E-state index contributed by atoms with van der Waals surface area (Å²) in [4.78, 5) is 13.8. The second kappa shape index (κ2) is 8.19. The molecule has 3 nitrogen and oxygen atoms in total. The minimum atomic E-state index is -0.924. The minimum absolute atomic E-state index is 0.225. The molecule has 1 heterocycles. The van der Waals surface area contributed by atoms with Gasteiger partial charge in [-0.05, 0) is 63.8 Å². The van der Waals surface area contributed by atoms with E-state index in [0.29, 0.717) is 11.2 Å². The van der Waals surface area contributed by atoms with Crippen LogP contribution in [0.15, 0.2) is 59.1 Å². The van der Waals surface area contributed by atoms with Crippen molar-refractivity contribution in [2.24, 2.45) is 16.3 Å². The predicted octanol–water partition coefficient (Wildman–Crippen LogP) is 6.51. The summed E-state index contributed by atoms with van der Waals surface area (Å²) in [5, 5.41) is 12.9. The highest BCUT2D eigenvalue weighted by molar-refractivity contribution is 8.02. The van der Waals surface area contributed by atoms with Gasteiger partial charge in [-0.1, -0.05) is 62.4 Å². The van der Waals surface area contributed by atoms with E-state index < -0.39 is 5.97 Å². The van der Waals surface area contributed by atoms with Crippen molar-refractivity contribution in [3.8, 4) is 0 Å². The van der Waals surface area contributed by atoms with E-state index in [1.165, 1.54) is 53.6 Å². The maximum atomic E-state index is 10.2. The standard InChI is InChI=1S/C20H22.C5H5NO2S/c1-20(2)12-11-17-15(13-20)8-10-18-16-6-4-3-5-14(16)7-9-19(17)18;7-5(8)4-3-9-2-1-6-4/h3-10,15,17H,11-13H2,1-2H3;1-2H,3H2,(H,7,8)/t15?,17-;/m0./s1. The second-order valence-corrected chi connectivity index (χ2v) is 9.70. The van der Waals surface area contributed by atoms with Crippen molar-refractivity contribution < 1.29 is 9.90 Å². The van der Waals surface area contributed by atoms with E-state index in [1.54, 1.807) is 11.0 Å². The molecule has 1 saturated carbocycles. The Kier molecular flexibility index (Phi) is 5.64. The Bertz CT molecular complexity index is 1020. The molecule has 4 heteroatoms. The van der Waals surface area contributed by atoms with Crippen LogP contribution in [-0.2, 0) is 4.79 Å². The van der Waals surface area contributed by atoms with Crippen LogP contribution in [-0.4, -0.2) is 22.5 Å². The first kappa shape index (κ1) is 20.0. The summed E-state index contributed by atoms with van der Waals surface area (Å²) in [6.45, 7) is 4.85. The van der Waals surface area contributed by atoms with Crippen molar-refractivity contribution in [2.75, 3.05) is 5.75 Å². The molecular weight excluding hydrogens is 378 g/mol. The molecule has 29 heavy (non-hydrogen) atoms. The van der Waals surface area contributed by atoms with E-state index >= 15 is 0 Å². The van der Waals surface area contributed by atoms with Crippen LogP contribution in [0.1, 0.15) is 50.2 Å². The van der Waals surface area contributed by atoms with Crippen LogP contribution >= 0.6 is 11.8 Å². The molecule has 1 N–H and O–H groups in total. The third-order valence-electron chi connectivity index (χ3n) is 6.21. The summed E-state index contributed by atoms with van der Waals surface area (Å²) in [7, 11) is 0. The molecule has 3 aliphatic rings. The monoisotopic (exact) mass is 405 g/mol. The fourth-order valence-corrected chi connectivity index (χ4v) is 5.32. The summed E-state index contributed by atoms with van der Waals surface area (Å²) in [5.74, 6) is 1.04. The zero-order valence-corrected chi connectivity index (χ0v) is 17.8. The first-order valence-electron chi connectivity index (χ1n) is 10.2. The number of nitrogens with zero attached hydrogens (tertiary/aromatic N) is 1. The summed E-state index contributed by atoms with van der Waals surface area (Å²) < 4.78 is 0. The van der Waals surface area contributed by atoms with Crippen LogP contribution < -0.4 is 0 Å². The van der Waals surface area contributed by atoms with Crippen LogP contribution in [0.4, 0.5) is 0 Å². The Morgan fingerprint density at radius 1 is 1.21 bits per heavy atom. The van der Waals surface area contributed by atoms with Crippen molar-refractivity contribution in [3.05, 3.63) is 65.2 Å². The first-order chi connectivity index (χ1) is 13.9. The quantitative estimate of drug-likeness (QED) is 0.588. The molecule has 5 rings (SSSR count). The average Bonchev–Trinajstić information content (AvgIpc) is 2.73. The Morgan fingerprint density at radius 2 is 2.03 bits per heavy atom. The zero-order valence-electron chi connectivity index (χ0n) is 17.0. The highest BCUT2D eigenvalue weighted by Gasteiger charge is 2.36. The normalized spacial score (nSPS) is 24.0. The van der Waals surface area contributed by atoms with Gasteiger partial charge in [0.2, 0.25) is 0 Å². The Hall–Kier alpha value is -2.33. The van der Waals surface area contributed by atoms with Crippen LogP contribution in [0.2, 0.25) is 0 Å². The van der Waals surface area contributed by atoms with Gasteiger partial charge in [-0.15, -0.1) is 11.8 Å². The first-order valence-corrected chi connectivity index (χ1v) is 11.3. The van der Waals surface area contributed by atoms with Crippen LogP contribution in [0.3, 0.4) is 0 Å². The topological polar surface area (TPSA) is 49.7 Å². The van der Waals surface area contributed by atoms with Gasteiger partial charge in [-0.2, -0.15) is 0 Å². The van der Waals surface area contributed by atoms with E-state index in [-0.39, 0.29) is 5.71 Å². The van der Waals surface area contributed by atoms with Crippen LogP contribution in [0.25, 0.3) is 16.8 Å². The van der Waals surface area contributed by atoms with E-state index in [9.17, 15) is 4.79 Å². The van der Waals surface area contributed by atoms with Gasteiger partial charge in [0, 0.05) is 12.0 Å². The smallest absolute Gasteiger partial charge is 0.351 e. The van der Waals surface area contributed by atoms with E-state index in [1.807, 2.05) is 0 Å². The number of rotatable bonds is 1. The Balaban J connectivity index is 0.000000192. The van der Waals surface area contributed by atoms with Gasteiger partial charge in [-0.25, -0.2) is 4.79 Å². The fourth-order valence-electron chi connectivity index (χ4n) is 4.72. The predicted molar refractivity (Wildman–Crippen MR) is 124 cm³/mol. The molecule has 2 atom stereocenters. The molecule has 0 saturated heterocycles. The largest absolute Gasteiger partial charge is 0.477 e. The van der Waals surface area contributed by atoms with Gasteiger partial charge in [0.15, 0.2) is 0 Å². The Labute approximate surface area is 176 Å². The molecule has 0 radical (unpaired) electrons. The molecule has 1 unspecified atom stereocenters. The number of aliphatic imine (C=N–C) groups is 1. The lowest BCUT2D eigenvalue weighted by Crippen LogP contribution is -2.29. The highest BCUT2D eigenvalue weighted by Crippen LogP contribution is 2.50. The Morgan fingerprint density at radius 3 is 2.76 bits per heavy atom. The van der Waals surface area contributed by atoms with Gasteiger partial charge >= 0.3 is 5.97 Å². The van der Waals surface area contributed by atoms with Crippen LogP contribution in [0.5, 0.6) is 0 Å². The van der Waals surface area contributed by atoms with E-state index in [2.05, 4.69) is 67.4 Å². The van der Waals surface area contributed by atoms with Gasteiger partial charge in [0.05, 0.1) is 0 Å². The lowest BCUT2D eigenvalue weighted by molar-refractivity contribution is -0.129. The molecule has 0 bridgehead atoms. The number of hydrogen-bond donors (Lipinski definition) is 1. The molecule has 2 aliphatic carbocycles. The molecular formula is C25H27NO2S. The van der Waals surface area contributed by atoms with Crippen molar-refractivity contribution >= 4 is 40.3 Å². The number of hydrogen-bond acceptors (Lipinski definition) is 3. The molecule has 1 aliphatic heterocycles. The van der Waals surface area contributed by atoms with Gasteiger partial charge < -0.3 is 5.11 Å². The van der Waals surface area contributed by atoms with Gasteiger partial charge in [0.25, 0.3) is 0 Å². The zero-order chi connectivity index (χ0) is 20.4. The molecule has 2 aromatic rings. The lowest BCUT2D eigenvalue weighted by atomic mass is 9.63.